The summed E-state index contributed by atoms with van der Waals surface area (Å²) in [5.74, 6) is -4.05. The highest BCUT2D eigenvalue weighted by atomic mass is 32.2. The van der Waals surface area contributed by atoms with Crippen molar-refractivity contribution in [2.75, 3.05) is 13.1 Å². The van der Waals surface area contributed by atoms with Gasteiger partial charge in [-0.1, -0.05) is 25.1 Å². The van der Waals surface area contributed by atoms with Crippen LogP contribution in [0.2, 0.25) is 0 Å². The molecule has 274 valence electrons. The smallest absolute Gasteiger partial charge is 0.410 e. The third-order valence-electron chi connectivity index (χ3n) is 11.3. The van der Waals surface area contributed by atoms with Crippen LogP contribution in [-0.2, 0) is 56.6 Å². The van der Waals surface area contributed by atoms with Gasteiger partial charge in [0.1, 0.15) is 24.1 Å². The molecular weight excluding hydrogens is 687 g/mol. The number of ketones is 1. The van der Waals surface area contributed by atoms with E-state index in [1.54, 1.807) is 19.1 Å². The third kappa shape index (κ3) is 6.62. The molecule has 4 heterocycles. The van der Waals surface area contributed by atoms with E-state index in [1.807, 2.05) is 0 Å². The lowest BCUT2D eigenvalue weighted by Crippen LogP contribution is -2.46. The Kier molecular flexibility index (Phi) is 8.95. The first-order chi connectivity index (χ1) is 24.2. The number of likely N-dealkylation sites (tertiary alicyclic amines) is 2. The number of sulfonamides is 1. The Morgan fingerprint density at radius 3 is 2.55 bits per heavy atom. The molecule has 1 unspecified atom stereocenters. The third-order valence-corrected chi connectivity index (χ3v) is 13.1. The van der Waals surface area contributed by atoms with E-state index in [2.05, 4.69) is 11.3 Å². The molecule has 0 spiro atoms. The molecule has 4 aliphatic heterocycles. The fourth-order valence-corrected chi connectivity index (χ4v) is 9.37. The zero-order valence-electron chi connectivity index (χ0n) is 28.3. The fourth-order valence-electron chi connectivity index (χ4n) is 7.98. The number of carbonyl (C=O) groups excluding carboxylic acids is 6. The summed E-state index contributed by atoms with van der Waals surface area (Å²) in [5.41, 5.74) is -0.302. The van der Waals surface area contributed by atoms with Gasteiger partial charge in [-0.2, -0.15) is 0 Å². The van der Waals surface area contributed by atoms with Crippen LogP contribution in [0.15, 0.2) is 30.9 Å². The van der Waals surface area contributed by atoms with Crippen LogP contribution in [0.25, 0.3) is 0 Å². The SMILES string of the molecule is C=C[C@@H]1C[C@]1(CC(=O)[C@@H]1CC(OC(=O)N2Cc3cccc(F)c3C2)CN1C(=O)[C@@H](C)CCC(=O)N1C[C@@H]2C[C@@H]1C(=O)O2)C(=O)NS(=O)(=O)C1CC1. The molecule has 7 rings (SSSR count). The Labute approximate surface area is 294 Å². The number of benzene rings is 1. The highest BCUT2D eigenvalue weighted by molar-refractivity contribution is 7.90. The fraction of sp³-hybridized carbons (Fsp3) is 0.600. The first-order valence-corrected chi connectivity index (χ1v) is 19.0. The van der Waals surface area contributed by atoms with Crippen molar-refractivity contribution in [1.29, 1.82) is 0 Å². The second kappa shape index (κ2) is 13.0. The van der Waals surface area contributed by atoms with Gasteiger partial charge < -0.3 is 19.3 Å². The number of morpholine rings is 1. The quantitative estimate of drug-likeness (QED) is 0.247. The summed E-state index contributed by atoms with van der Waals surface area (Å²) in [6.07, 6.45) is 0.823. The van der Waals surface area contributed by atoms with Gasteiger partial charge in [0.25, 0.3) is 0 Å². The van der Waals surface area contributed by atoms with E-state index in [9.17, 15) is 41.6 Å². The number of allylic oxidation sites excluding steroid dienone is 1. The molecule has 3 saturated heterocycles. The number of halogens is 1. The van der Waals surface area contributed by atoms with Crippen LogP contribution in [0, 0.1) is 23.1 Å². The van der Waals surface area contributed by atoms with E-state index in [0.717, 1.165) is 0 Å². The summed E-state index contributed by atoms with van der Waals surface area (Å²) in [4.78, 5) is 83.8. The average Bonchev–Trinajstić information content (AvgIpc) is 3.84. The predicted molar refractivity (Wildman–Crippen MR) is 175 cm³/mol. The zero-order chi connectivity index (χ0) is 36.4. The summed E-state index contributed by atoms with van der Waals surface area (Å²) in [6.45, 7) is 5.70. The molecule has 0 radical (unpaired) electrons. The molecule has 6 aliphatic rings. The van der Waals surface area contributed by atoms with Crippen LogP contribution in [0.5, 0.6) is 0 Å². The lowest BCUT2D eigenvalue weighted by atomic mass is 9.91. The average molecular weight is 729 g/mol. The van der Waals surface area contributed by atoms with Crippen LogP contribution in [0.4, 0.5) is 9.18 Å². The van der Waals surface area contributed by atoms with Gasteiger partial charge in [-0.25, -0.2) is 22.4 Å². The molecule has 5 fully saturated rings. The number of fused-ring (bicyclic) bond motifs is 3. The molecule has 51 heavy (non-hydrogen) atoms. The molecule has 7 atom stereocenters. The number of esters is 1. The van der Waals surface area contributed by atoms with Gasteiger partial charge in [0.2, 0.25) is 27.7 Å². The number of rotatable bonds is 12. The number of hydrogen-bond donors (Lipinski definition) is 1. The molecule has 1 aromatic carbocycles. The van der Waals surface area contributed by atoms with E-state index in [0.29, 0.717) is 36.9 Å². The van der Waals surface area contributed by atoms with Crippen molar-refractivity contribution >= 4 is 45.6 Å². The van der Waals surface area contributed by atoms with Gasteiger partial charge in [-0.15, -0.1) is 6.58 Å². The molecule has 1 aromatic rings. The Hall–Kier alpha value is -4.34. The number of Topliss-reactive ketones (excluding diaryl/α,β-unsaturated/α-hetero) is 1. The molecule has 0 aromatic heterocycles. The van der Waals surface area contributed by atoms with E-state index in [-0.39, 0.29) is 63.7 Å². The number of carbonyl (C=O) groups is 6. The standard InChI is InChI=1S/C35H41FN4O10S/c1-3-21-13-35(21,33(45)37-51(47,48)24-8-9-24)14-29(41)27-11-23(50-34(46)38-15-20-5-4-6-26(36)25(20)18-38)17-40(27)31(43)19(2)7-10-30(42)39-16-22-12-28(39)32(44)49-22/h3-6,19,21-24,27-28H,1,7-18H2,2H3,(H,37,45)/t19-,21+,22-,23?,27-,28+,35+/m0/s1. The number of nitrogens with one attached hydrogen (secondary N) is 1. The second-order valence-corrected chi connectivity index (χ2v) is 16.8. The topological polar surface area (TPSA) is 177 Å². The minimum Gasteiger partial charge on any atom is -0.459 e. The summed E-state index contributed by atoms with van der Waals surface area (Å²) >= 11 is 0. The van der Waals surface area contributed by atoms with Crippen molar-refractivity contribution < 1.29 is 51.0 Å². The first kappa shape index (κ1) is 35.1. The largest absolute Gasteiger partial charge is 0.459 e. The van der Waals surface area contributed by atoms with Crippen molar-refractivity contribution in [3.8, 4) is 0 Å². The van der Waals surface area contributed by atoms with E-state index >= 15 is 0 Å². The minimum atomic E-state index is -3.88. The van der Waals surface area contributed by atoms with Gasteiger partial charge in [-0.3, -0.25) is 28.8 Å². The highest BCUT2D eigenvalue weighted by Gasteiger charge is 2.61. The van der Waals surface area contributed by atoms with Gasteiger partial charge >= 0.3 is 12.1 Å². The van der Waals surface area contributed by atoms with E-state index in [4.69, 9.17) is 9.47 Å². The number of ether oxygens (including phenoxy) is 2. The maximum absolute atomic E-state index is 14.4. The Balaban J connectivity index is 1.04. The Morgan fingerprint density at radius 1 is 1.14 bits per heavy atom. The van der Waals surface area contributed by atoms with E-state index in [1.165, 1.54) is 26.8 Å². The maximum Gasteiger partial charge on any atom is 0.410 e. The molecule has 16 heteroatoms. The van der Waals surface area contributed by atoms with Crippen LogP contribution >= 0.6 is 0 Å². The number of hydrogen-bond acceptors (Lipinski definition) is 10. The molecule has 2 saturated carbocycles. The van der Waals surface area contributed by atoms with Gasteiger partial charge in [0.05, 0.1) is 36.3 Å². The Morgan fingerprint density at radius 2 is 1.90 bits per heavy atom. The molecular formula is C35H41FN4O10S. The molecule has 4 amide bonds. The summed E-state index contributed by atoms with van der Waals surface area (Å²) < 4.78 is 52.7. The summed E-state index contributed by atoms with van der Waals surface area (Å²) in [7, 11) is -3.88. The zero-order valence-corrected chi connectivity index (χ0v) is 29.1. The maximum atomic E-state index is 14.4. The van der Waals surface area contributed by atoms with Gasteiger partial charge in [0, 0.05) is 43.7 Å². The van der Waals surface area contributed by atoms with Crippen molar-refractivity contribution in [1.82, 2.24) is 19.4 Å². The van der Waals surface area contributed by atoms with Crippen LogP contribution in [0.1, 0.15) is 69.4 Å². The van der Waals surface area contributed by atoms with Crippen molar-refractivity contribution in [3.63, 3.8) is 0 Å². The monoisotopic (exact) mass is 728 g/mol. The van der Waals surface area contributed by atoms with Gasteiger partial charge in [-0.05, 0) is 43.2 Å². The number of amides is 4. The van der Waals surface area contributed by atoms with E-state index < -0.39 is 86.2 Å². The Bertz CT molecular complexity index is 1820. The first-order valence-electron chi connectivity index (χ1n) is 17.4. The van der Waals surface area contributed by atoms with Crippen LogP contribution in [-0.4, -0.2) is 101 Å². The van der Waals surface area contributed by atoms with Gasteiger partial charge in [0.15, 0.2) is 5.78 Å². The lowest BCUT2D eigenvalue weighted by molar-refractivity contribution is -0.157. The molecule has 1 N–H and O–H groups in total. The van der Waals surface area contributed by atoms with Crippen molar-refractivity contribution in [2.45, 2.75) is 101 Å². The normalized spacial score (nSPS) is 29.7. The van der Waals surface area contributed by atoms with Crippen LogP contribution < -0.4 is 4.72 Å². The minimum absolute atomic E-state index is 0.00427. The molecule has 2 aliphatic carbocycles. The summed E-state index contributed by atoms with van der Waals surface area (Å²) in [5, 5.41) is -0.642. The predicted octanol–water partition coefficient (Wildman–Crippen LogP) is 1.95. The molecule has 2 bridgehead atoms. The van der Waals surface area contributed by atoms with Crippen molar-refractivity contribution in [2.24, 2.45) is 17.3 Å². The van der Waals surface area contributed by atoms with Crippen molar-refractivity contribution in [3.05, 3.63) is 47.8 Å². The highest BCUT2D eigenvalue weighted by Crippen LogP contribution is 2.57. The molecule has 14 nitrogen and oxygen atoms in total. The second-order valence-electron chi connectivity index (χ2n) is 14.8. The number of nitrogens with zero attached hydrogens (tertiary/aromatic N) is 3. The summed E-state index contributed by atoms with van der Waals surface area (Å²) in [6, 6.07) is 2.88. The lowest BCUT2D eigenvalue weighted by Gasteiger charge is -2.29. The van der Waals surface area contributed by atoms with Crippen LogP contribution in [0.3, 0.4) is 0 Å².